The van der Waals surface area contributed by atoms with E-state index in [1.54, 1.807) is 4.90 Å². The van der Waals surface area contributed by atoms with Gasteiger partial charge >= 0.3 is 19.3 Å². The van der Waals surface area contributed by atoms with Crippen LogP contribution in [-0.4, -0.2) is 89.8 Å². The molecule has 2 saturated heterocycles. The minimum absolute atomic E-state index is 0.0191. The van der Waals surface area contributed by atoms with Crippen molar-refractivity contribution in [1.82, 2.24) is 20.4 Å². The maximum absolute atomic E-state index is 14.2. The van der Waals surface area contributed by atoms with Crippen LogP contribution < -0.4 is 10.6 Å². The predicted octanol–water partition coefficient (Wildman–Crippen LogP) is 2.93. The number of rotatable bonds is 2. The van der Waals surface area contributed by atoms with Crippen LogP contribution in [0.2, 0.25) is 0 Å². The van der Waals surface area contributed by atoms with Gasteiger partial charge in [0.15, 0.2) is 0 Å². The third kappa shape index (κ3) is 7.74. The second-order valence-corrected chi connectivity index (χ2v) is 14.7. The van der Waals surface area contributed by atoms with Gasteiger partial charge < -0.3 is 34.7 Å². The van der Waals surface area contributed by atoms with Crippen LogP contribution in [0.25, 0.3) is 0 Å². The lowest BCUT2D eigenvalue weighted by Crippen LogP contribution is -2.59. The first-order chi connectivity index (χ1) is 21.2. The molecule has 1 aromatic rings. The van der Waals surface area contributed by atoms with Gasteiger partial charge in [-0.15, -0.1) is 0 Å². The number of nitrogens with zero attached hydrogens (tertiary/aromatic N) is 2. The van der Waals surface area contributed by atoms with Gasteiger partial charge in [0.05, 0.1) is 19.1 Å². The van der Waals surface area contributed by atoms with Gasteiger partial charge in [-0.25, -0.2) is 9.59 Å². The average molecular weight is 627 g/mol. The van der Waals surface area contributed by atoms with Gasteiger partial charge in [-0.2, -0.15) is 0 Å². The molecule has 5 rings (SSSR count). The fourth-order valence-electron chi connectivity index (χ4n) is 6.67. The van der Waals surface area contributed by atoms with E-state index >= 15 is 0 Å². The summed E-state index contributed by atoms with van der Waals surface area (Å²) in [4.78, 5) is 57.3. The molecule has 0 unspecified atom stereocenters. The zero-order chi connectivity index (χ0) is 32.5. The van der Waals surface area contributed by atoms with Crippen LogP contribution in [0, 0.1) is 10.8 Å². The summed E-state index contributed by atoms with van der Waals surface area (Å²) < 4.78 is 16.8. The third-order valence-corrected chi connectivity index (χ3v) is 9.36. The second kappa shape index (κ2) is 13.2. The van der Waals surface area contributed by atoms with Crippen molar-refractivity contribution in [2.45, 2.75) is 110 Å². The number of cyclic esters (lactones) is 1. The number of aryl methyl sites for hydroxylation is 1. The minimum atomic E-state index is -1.14. The molecule has 246 valence electrons. The number of carbonyl (C=O) groups is 4. The first kappa shape index (κ1) is 33.1. The Bertz CT molecular complexity index is 1300. The normalized spacial score (nSPS) is 28.0. The van der Waals surface area contributed by atoms with Crippen molar-refractivity contribution in [1.29, 1.82) is 0 Å². The Kier molecular flexibility index (Phi) is 9.69. The molecule has 12 nitrogen and oxygen atoms in total. The van der Waals surface area contributed by atoms with Gasteiger partial charge in [0.2, 0.25) is 11.8 Å². The van der Waals surface area contributed by atoms with Crippen molar-refractivity contribution in [3.05, 3.63) is 34.9 Å². The summed E-state index contributed by atoms with van der Waals surface area (Å²) in [5.74, 6) is -1.58. The summed E-state index contributed by atoms with van der Waals surface area (Å²) in [5.41, 5.74) is 2.46. The van der Waals surface area contributed by atoms with Crippen molar-refractivity contribution >= 4 is 31.1 Å². The van der Waals surface area contributed by atoms with E-state index in [1.165, 1.54) is 10.5 Å². The number of nitrogens with one attached hydrogen (secondary N) is 2. The van der Waals surface area contributed by atoms with Crippen LogP contribution in [0.5, 0.6) is 0 Å². The number of carbonyl (C=O) groups excluding carboxylic acids is 4. The topological polar surface area (TPSA) is 147 Å². The molecular formula is C32H47BN4O8. The van der Waals surface area contributed by atoms with Crippen molar-refractivity contribution in [3.8, 4) is 0 Å². The lowest BCUT2D eigenvalue weighted by Gasteiger charge is -2.35. The predicted molar refractivity (Wildman–Crippen MR) is 166 cm³/mol. The summed E-state index contributed by atoms with van der Waals surface area (Å²) in [6, 6.07) is 4.17. The Labute approximate surface area is 265 Å². The first-order valence-corrected chi connectivity index (χ1v) is 16.1. The molecule has 3 N–H and O–H groups in total. The quantitative estimate of drug-likeness (QED) is 0.425. The van der Waals surface area contributed by atoms with Gasteiger partial charge in [0.25, 0.3) is 0 Å². The lowest BCUT2D eigenvalue weighted by atomic mass is 9.80. The molecule has 0 aliphatic carbocycles. The number of hydrogen-bond acceptors (Lipinski definition) is 8. The summed E-state index contributed by atoms with van der Waals surface area (Å²) >= 11 is 0. The van der Waals surface area contributed by atoms with E-state index in [9.17, 15) is 24.2 Å². The number of amides is 4. The molecule has 4 aliphatic rings. The van der Waals surface area contributed by atoms with Crippen LogP contribution in [0.4, 0.5) is 9.59 Å². The molecule has 1 aromatic carbocycles. The van der Waals surface area contributed by atoms with Crippen molar-refractivity contribution in [2.75, 3.05) is 19.8 Å². The van der Waals surface area contributed by atoms with Crippen LogP contribution in [0.1, 0.15) is 83.4 Å². The average Bonchev–Trinajstić information content (AvgIpc) is 3.70. The maximum Gasteiger partial charge on any atom is 0.478 e. The Morgan fingerprint density at radius 1 is 1.13 bits per heavy atom. The van der Waals surface area contributed by atoms with E-state index in [1.807, 2.05) is 32.9 Å². The molecule has 45 heavy (non-hydrogen) atoms. The molecule has 2 fully saturated rings. The molecule has 0 radical (unpaired) electrons. The first-order valence-electron chi connectivity index (χ1n) is 16.1. The van der Waals surface area contributed by atoms with E-state index < -0.39 is 60.7 Å². The van der Waals surface area contributed by atoms with E-state index in [2.05, 4.69) is 30.5 Å². The third-order valence-electron chi connectivity index (χ3n) is 9.36. The fourth-order valence-corrected chi connectivity index (χ4v) is 6.67. The van der Waals surface area contributed by atoms with E-state index in [0.717, 1.165) is 36.8 Å². The highest BCUT2D eigenvalue weighted by molar-refractivity contribution is 6.46. The lowest BCUT2D eigenvalue weighted by molar-refractivity contribution is -0.142. The van der Waals surface area contributed by atoms with Gasteiger partial charge in [-0.05, 0) is 53.2 Å². The number of alkyl carbamates (subject to hydrolysis) is 1. The molecule has 0 spiro atoms. The summed E-state index contributed by atoms with van der Waals surface area (Å²) in [6.45, 7) is 10.9. The van der Waals surface area contributed by atoms with Crippen molar-refractivity contribution in [3.63, 3.8) is 0 Å². The molecule has 0 saturated carbocycles. The van der Waals surface area contributed by atoms with Gasteiger partial charge in [-0.1, -0.05) is 59.2 Å². The van der Waals surface area contributed by atoms with Gasteiger partial charge in [0.1, 0.15) is 18.2 Å². The van der Waals surface area contributed by atoms with Crippen LogP contribution in [-0.2, 0) is 43.2 Å². The molecule has 4 amide bonds. The molecular weight excluding hydrogens is 579 g/mol. The highest BCUT2D eigenvalue weighted by Crippen LogP contribution is 2.32. The summed E-state index contributed by atoms with van der Waals surface area (Å²) in [5, 5.41) is 15.7. The number of ether oxygens (including phenoxy) is 2. The SMILES string of the molecule is CC1(C)CCCCc2cccc3c2CN(C3)C(=O)O[C@@H]2C[C@@H](C(=O)N[C@H]3CCOB3O)N(C2)C(=O)[C@H](C(C)(C)C)NC(=O)OC1. The zero-order valence-electron chi connectivity index (χ0n) is 27.1. The van der Waals surface area contributed by atoms with Gasteiger partial charge in [-0.3, -0.25) is 14.5 Å². The van der Waals surface area contributed by atoms with Crippen molar-refractivity contribution in [2.24, 2.45) is 10.8 Å². The minimum Gasteiger partial charge on any atom is -0.449 e. The van der Waals surface area contributed by atoms with E-state index in [-0.39, 0.29) is 25.0 Å². The number of benzene rings is 1. The highest BCUT2D eigenvalue weighted by atomic mass is 16.6. The monoisotopic (exact) mass is 626 g/mol. The molecule has 13 heteroatoms. The maximum atomic E-state index is 14.2. The smallest absolute Gasteiger partial charge is 0.449 e. The van der Waals surface area contributed by atoms with Gasteiger partial charge in [0, 0.05) is 26.1 Å². The Hall–Kier alpha value is -3.32. The molecule has 4 heterocycles. The molecule has 0 aromatic heterocycles. The van der Waals surface area contributed by atoms with Crippen LogP contribution >= 0.6 is 0 Å². The molecule has 4 atom stereocenters. The Balaban J connectivity index is 1.42. The number of fused-ring (bicyclic) bond motifs is 3. The van der Waals surface area contributed by atoms with Crippen molar-refractivity contribution < 1.29 is 38.3 Å². The summed E-state index contributed by atoms with van der Waals surface area (Å²) in [7, 11) is -1.14. The standard InChI is InChI=1S/C32H47BN4O8/c1-31(2,3)26-28(39)37-17-22(15-24(37)27(38)34-25-12-14-44-33(25)42)45-30(41)36-16-21-11-8-10-20(23(21)18-36)9-6-7-13-32(4,5)19-43-29(40)35-26/h8,10-11,22,24-26,42H,6-7,9,12-19H2,1-5H3,(H,34,38)(H,35,40)/t22-,24+,25+,26-/m1/s1. The largest absolute Gasteiger partial charge is 0.478 e. The Morgan fingerprint density at radius 2 is 1.89 bits per heavy atom. The van der Waals surface area contributed by atoms with Crippen LogP contribution in [0.3, 0.4) is 0 Å². The fraction of sp³-hybridized carbons (Fsp3) is 0.688. The molecule has 4 aliphatic heterocycles. The summed E-state index contributed by atoms with van der Waals surface area (Å²) in [6.07, 6.45) is 2.19. The zero-order valence-corrected chi connectivity index (χ0v) is 27.1. The van der Waals surface area contributed by atoms with E-state index in [0.29, 0.717) is 26.1 Å². The number of hydrogen-bond donors (Lipinski definition) is 3. The highest BCUT2D eigenvalue weighted by Gasteiger charge is 2.48. The second-order valence-electron chi connectivity index (χ2n) is 14.7. The Morgan fingerprint density at radius 3 is 2.60 bits per heavy atom. The van der Waals surface area contributed by atoms with E-state index in [4.69, 9.17) is 14.1 Å². The van der Waals surface area contributed by atoms with Crippen LogP contribution in [0.15, 0.2) is 18.2 Å². The molecule has 4 bridgehead atoms.